The second kappa shape index (κ2) is 8.44. The molecule has 0 heterocycles. The fourth-order valence-electron chi connectivity index (χ4n) is 2.14. The van der Waals surface area contributed by atoms with Gasteiger partial charge in [0, 0.05) is 23.8 Å². The second-order valence-corrected chi connectivity index (χ2v) is 7.66. The lowest BCUT2D eigenvalue weighted by atomic mass is 9.95. The molecule has 5 heteroatoms. The Hall–Kier alpha value is -1.42. The van der Waals surface area contributed by atoms with Crippen LogP contribution in [0.25, 0.3) is 0 Å². The molecule has 0 spiro atoms. The van der Waals surface area contributed by atoms with Crippen molar-refractivity contribution in [3.05, 3.63) is 28.8 Å². The van der Waals surface area contributed by atoms with Crippen LogP contribution in [0.15, 0.2) is 18.2 Å². The van der Waals surface area contributed by atoms with E-state index in [2.05, 4.69) is 24.5 Å². The number of halogens is 1. The first-order valence-corrected chi connectivity index (χ1v) is 8.43. The van der Waals surface area contributed by atoms with Gasteiger partial charge in [0.05, 0.1) is 0 Å². The van der Waals surface area contributed by atoms with Crippen LogP contribution in [-0.4, -0.2) is 24.8 Å². The Morgan fingerprint density at radius 3 is 2.43 bits per heavy atom. The zero-order chi connectivity index (χ0) is 17.6. The molecule has 4 nitrogen and oxygen atoms in total. The van der Waals surface area contributed by atoms with Crippen LogP contribution in [-0.2, 0) is 4.74 Å². The van der Waals surface area contributed by atoms with E-state index in [1.54, 1.807) is 0 Å². The predicted molar refractivity (Wildman–Crippen MR) is 97.2 cm³/mol. The fourth-order valence-corrected chi connectivity index (χ4v) is 2.37. The minimum Gasteiger partial charge on any atom is -0.444 e. The normalized spacial score (nSPS) is 12.9. The molecular weight excluding hydrogens is 312 g/mol. The van der Waals surface area contributed by atoms with Gasteiger partial charge in [0.1, 0.15) is 5.60 Å². The van der Waals surface area contributed by atoms with Crippen LogP contribution in [0.5, 0.6) is 0 Å². The smallest absolute Gasteiger partial charge is 0.407 e. The summed E-state index contributed by atoms with van der Waals surface area (Å²) >= 11 is 5.98. The molecule has 2 N–H and O–H groups in total. The van der Waals surface area contributed by atoms with Gasteiger partial charge >= 0.3 is 6.09 Å². The molecule has 1 unspecified atom stereocenters. The van der Waals surface area contributed by atoms with Gasteiger partial charge in [-0.2, -0.15) is 0 Å². The molecule has 0 aliphatic carbocycles. The highest BCUT2D eigenvalue weighted by Crippen LogP contribution is 2.21. The maximum atomic E-state index is 11.8. The van der Waals surface area contributed by atoms with Crippen molar-refractivity contribution in [2.75, 3.05) is 18.4 Å². The molecule has 1 aromatic carbocycles. The summed E-state index contributed by atoms with van der Waals surface area (Å²) in [7, 11) is 0. The quantitative estimate of drug-likeness (QED) is 0.777. The van der Waals surface area contributed by atoms with Crippen molar-refractivity contribution in [1.82, 2.24) is 5.32 Å². The van der Waals surface area contributed by atoms with Crippen LogP contribution in [0.3, 0.4) is 0 Å². The van der Waals surface area contributed by atoms with Gasteiger partial charge in [-0.25, -0.2) is 4.79 Å². The molecule has 23 heavy (non-hydrogen) atoms. The second-order valence-electron chi connectivity index (χ2n) is 7.23. The summed E-state index contributed by atoms with van der Waals surface area (Å²) in [6, 6.07) is 5.80. The number of benzene rings is 1. The van der Waals surface area contributed by atoms with Crippen LogP contribution in [0.1, 0.15) is 40.2 Å². The number of hydrogen-bond acceptors (Lipinski definition) is 3. The largest absolute Gasteiger partial charge is 0.444 e. The number of alkyl carbamates (subject to hydrolysis) is 1. The van der Waals surface area contributed by atoms with Crippen molar-refractivity contribution < 1.29 is 9.53 Å². The van der Waals surface area contributed by atoms with Crippen LogP contribution in [0, 0.1) is 18.8 Å². The first-order valence-electron chi connectivity index (χ1n) is 8.05. The van der Waals surface area contributed by atoms with E-state index in [1.165, 1.54) is 0 Å². The van der Waals surface area contributed by atoms with E-state index in [0.29, 0.717) is 18.4 Å². The van der Waals surface area contributed by atoms with Crippen LogP contribution in [0.4, 0.5) is 10.5 Å². The van der Waals surface area contributed by atoms with Crippen molar-refractivity contribution in [3.8, 4) is 0 Å². The van der Waals surface area contributed by atoms with Gasteiger partial charge in [-0.05, 0) is 63.3 Å². The Balaban J connectivity index is 2.54. The van der Waals surface area contributed by atoms with Gasteiger partial charge in [-0.1, -0.05) is 25.4 Å². The molecule has 0 saturated heterocycles. The third-order valence-electron chi connectivity index (χ3n) is 3.59. The van der Waals surface area contributed by atoms with Crippen LogP contribution < -0.4 is 10.6 Å². The minimum absolute atomic E-state index is 0.303. The lowest BCUT2D eigenvalue weighted by Gasteiger charge is -2.25. The van der Waals surface area contributed by atoms with E-state index in [1.807, 2.05) is 45.9 Å². The van der Waals surface area contributed by atoms with Gasteiger partial charge in [0.2, 0.25) is 0 Å². The molecular formula is C18H29ClN2O2. The summed E-state index contributed by atoms with van der Waals surface area (Å²) in [5.74, 6) is 0.739. The minimum atomic E-state index is -0.476. The average Bonchev–Trinajstić information content (AvgIpc) is 2.38. The van der Waals surface area contributed by atoms with E-state index in [4.69, 9.17) is 16.3 Å². The zero-order valence-corrected chi connectivity index (χ0v) is 15.8. The third kappa shape index (κ3) is 7.60. The summed E-state index contributed by atoms with van der Waals surface area (Å²) < 4.78 is 5.28. The Bertz CT molecular complexity index is 524. The van der Waals surface area contributed by atoms with Crippen molar-refractivity contribution >= 4 is 23.4 Å². The Morgan fingerprint density at radius 2 is 1.91 bits per heavy atom. The molecule has 1 aromatic rings. The first kappa shape index (κ1) is 19.6. The highest BCUT2D eigenvalue weighted by Gasteiger charge is 2.19. The lowest BCUT2D eigenvalue weighted by molar-refractivity contribution is 0.0516. The maximum absolute atomic E-state index is 11.8. The van der Waals surface area contributed by atoms with Gasteiger partial charge in [-0.3, -0.25) is 0 Å². The summed E-state index contributed by atoms with van der Waals surface area (Å²) in [6.07, 6.45) is -0.370. The molecule has 0 aliphatic rings. The SMILES string of the molecule is Cc1cc(Cl)ccc1NCC(CNC(=O)OC(C)(C)C)C(C)C. The number of hydrogen-bond donors (Lipinski definition) is 2. The van der Waals surface area contributed by atoms with Gasteiger partial charge in [0.25, 0.3) is 0 Å². The molecule has 130 valence electrons. The number of carbonyl (C=O) groups excluding carboxylic acids is 1. The Morgan fingerprint density at radius 1 is 1.26 bits per heavy atom. The van der Waals surface area contributed by atoms with Gasteiger partial charge in [0.15, 0.2) is 0 Å². The molecule has 0 saturated carbocycles. The number of rotatable bonds is 6. The van der Waals surface area contributed by atoms with Crippen LogP contribution in [0.2, 0.25) is 5.02 Å². The third-order valence-corrected chi connectivity index (χ3v) is 3.83. The van der Waals surface area contributed by atoms with E-state index >= 15 is 0 Å². The number of aryl methyl sites for hydroxylation is 1. The first-order chi connectivity index (χ1) is 10.6. The van der Waals surface area contributed by atoms with E-state index < -0.39 is 5.60 Å². The van der Waals surface area contributed by atoms with E-state index in [0.717, 1.165) is 22.8 Å². The van der Waals surface area contributed by atoms with Crippen molar-refractivity contribution in [3.63, 3.8) is 0 Å². The average molecular weight is 341 g/mol. The summed E-state index contributed by atoms with van der Waals surface area (Å²) in [6.45, 7) is 13.3. The topological polar surface area (TPSA) is 50.4 Å². The van der Waals surface area contributed by atoms with Crippen molar-refractivity contribution in [2.45, 2.75) is 47.1 Å². The number of amides is 1. The summed E-state index contributed by atoms with van der Waals surface area (Å²) in [5, 5.41) is 7.04. The van der Waals surface area contributed by atoms with Gasteiger partial charge < -0.3 is 15.4 Å². The van der Waals surface area contributed by atoms with Gasteiger partial charge in [-0.15, -0.1) is 0 Å². The molecule has 0 aromatic heterocycles. The zero-order valence-electron chi connectivity index (χ0n) is 15.0. The highest BCUT2D eigenvalue weighted by molar-refractivity contribution is 6.30. The van der Waals surface area contributed by atoms with Crippen LogP contribution >= 0.6 is 11.6 Å². The van der Waals surface area contributed by atoms with E-state index in [-0.39, 0.29) is 6.09 Å². The number of anilines is 1. The Kier molecular flexibility index (Phi) is 7.20. The molecule has 0 fully saturated rings. The van der Waals surface area contributed by atoms with Crippen molar-refractivity contribution in [2.24, 2.45) is 11.8 Å². The fraction of sp³-hybridized carbons (Fsp3) is 0.611. The molecule has 0 radical (unpaired) electrons. The maximum Gasteiger partial charge on any atom is 0.407 e. The van der Waals surface area contributed by atoms with E-state index in [9.17, 15) is 4.79 Å². The summed E-state index contributed by atoms with van der Waals surface area (Å²) in [4.78, 5) is 11.8. The standard InChI is InChI=1S/C18H29ClN2O2/c1-12(2)14(11-21-17(22)23-18(4,5)6)10-20-16-8-7-15(19)9-13(16)3/h7-9,12,14,20H,10-11H2,1-6H3,(H,21,22). The summed E-state index contributed by atoms with van der Waals surface area (Å²) in [5.41, 5.74) is 1.70. The monoisotopic (exact) mass is 340 g/mol. The number of nitrogens with one attached hydrogen (secondary N) is 2. The molecule has 0 aliphatic heterocycles. The molecule has 0 bridgehead atoms. The number of carbonyl (C=O) groups is 1. The molecule has 1 rings (SSSR count). The highest BCUT2D eigenvalue weighted by atomic mass is 35.5. The number of ether oxygens (including phenoxy) is 1. The molecule has 1 amide bonds. The van der Waals surface area contributed by atoms with Crippen molar-refractivity contribution in [1.29, 1.82) is 0 Å². The predicted octanol–water partition coefficient (Wildman–Crippen LogP) is 4.86. The lowest BCUT2D eigenvalue weighted by Crippen LogP contribution is -2.38. The molecule has 1 atom stereocenters. The Labute approximate surface area is 144 Å².